The number of anilines is 1. The summed E-state index contributed by atoms with van der Waals surface area (Å²) in [7, 11) is 0. The number of nitrogens with zero attached hydrogens (tertiary/aromatic N) is 3. The Morgan fingerprint density at radius 3 is 2.94 bits per heavy atom. The van der Waals surface area contributed by atoms with E-state index in [1.165, 1.54) is 6.07 Å². The average Bonchev–Trinajstić information content (AvgIpc) is 2.64. The van der Waals surface area contributed by atoms with Crippen LogP contribution in [-0.4, -0.2) is 31.7 Å². The molecule has 0 amide bonds. The Morgan fingerprint density at radius 1 is 1.56 bits per heavy atom. The van der Waals surface area contributed by atoms with E-state index in [0.29, 0.717) is 11.5 Å². The van der Waals surface area contributed by atoms with Gasteiger partial charge in [-0.05, 0) is 13.8 Å². The van der Waals surface area contributed by atoms with Gasteiger partial charge in [-0.2, -0.15) is 9.61 Å². The number of nitrogens with one attached hydrogen (secondary N) is 1. The SMILES string of the molecule is CC(C)Nc1cc(C(=O)O)nc2ccnn12. The van der Waals surface area contributed by atoms with E-state index in [4.69, 9.17) is 5.11 Å². The lowest BCUT2D eigenvalue weighted by molar-refractivity contribution is 0.0690. The van der Waals surface area contributed by atoms with Crippen molar-refractivity contribution >= 4 is 17.4 Å². The Morgan fingerprint density at radius 2 is 2.31 bits per heavy atom. The summed E-state index contributed by atoms with van der Waals surface area (Å²) >= 11 is 0. The summed E-state index contributed by atoms with van der Waals surface area (Å²) in [6.07, 6.45) is 1.58. The molecule has 2 N–H and O–H groups in total. The molecule has 2 heterocycles. The molecule has 0 aliphatic heterocycles. The van der Waals surface area contributed by atoms with Gasteiger partial charge in [-0.15, -0.1) is 0 Å². The quantitative estimate of drug-likeness (QED) is 0.813. The van der Waals surface area contributed by atoms with Gasteiger partial charge in [-0.1, -0.05) is 0 Å². The van der Waals surface area contributed by atoms with Crippen molar-refractivity contribution in [2.75, 3.05) is 5.32 Å². The van der Waals surface area contributed by atoms with Crippen molar-refractivity contribution in [1.29, 1.82) is 0 Å². The van der Waals surface area contributed by atoms with Crippen LogP contribution in [0.1, 0.15) is 24.3 Å². The molecule has 0 atom stereocenters. The van der Waals surface area contributed by atoms with Crippen LogP contribution in [0, 0.1) is 0 Å². The summed E-state index contributed by atoms with van der Waals surface area (Å²) in [4.78, 5) is 14.8. The lowest BCUT2D eigenvalue weighted by atomic mass is 10.3. The first-order valence-corrected chi connectivity index (χ1v) is 4.92. The van der Waals surface area contributed by atoms with Gasteiger partial charge < -0.3 is 10.4 Å². The van der Waals surface area contributed by atoms with Gasteiger partial charge in [-0.3, -0.25) is 0 Å². The van der Waals surface area contributed by atoms with Gasteiger partial charge in [0.1, 0.15) is 5.82 Å². The molecule has 6 nitrogen and oxygen atoms in total. The summed E-state index contributed by atoms with van der Waals surface area (Å²) < 4.78 is 1.58. The summed E-state index contributed by atoms with van der Waals surface area (Å²) in [6.45, 7) is 3.94. The Labute approximate surface area is 91.9 Å². The van der Waals surface area contributed by atoms with E-state index in [1.807, 2.05) is 13.8 Å². The van der Waals surface area contributed by atoms with Crippen molar-refractivity contribution < 1.29 is 9.90 Å². The predicted octanol–water partition coefficient (Wildman–Crippen LogP) is 1.25. The Balaban J connectivity index is 2.59. The Kier molecular flexibility index (Phi) is 2.47. The molecule has 0 fully saturated rings. The van der Waals surface area contributed by atoms with Gasteiger partial charge in [0, 0.05) is 18.2 Å². The molecule has 2 aromatic rings. The molecule has 2 rings (SSSR count). The minimum Gasteiger partial charge on any atom is -0.477 e. The number of carboxylic acid groups (broad SMARTS) is 1. The summed E-state index contributed by atoms with van der Waals surface area (Å²) in [5.74, 6) is -0.419. The van der Waals surface area contributed by atoms with Crippen LogP contribution in [0.2, 0.25) is 0 Å². The molecular weight excluding hydrogens is 208 g/mol. The van der Waals surface area contributed by atoms with Gasteiger partial charge in [-0.25, -0.2) is 9.78 Å². The fourth-order valence-electron chi connectivity index (χ4n) is 1.42. The number of aromatic carboxylic acids is 1. The van der Waals surface area contributed by atoms with E-state index in [9.17, 15) is 4.79 Å². The van der Waals surface area contributed by atoms with Crippen molar-refractivity contribution in [2.45, 2.75) is 19.9 Å². The highest BCUT2D eigenvalue weighted by Gasteiger charge is 2.11. The standard InChI is InChI=1S/C10H12N4O2/c1-6(2)12-9-5-7(10(15)16)13-8-3-4-11-14(8)9/h3-6,12H,1-2H3,(H,15,16). The highest BCUT2D eigenvalue weighted by atomic mass is 16.4. The van der Waals surface area contributed by atoms with E-state index in [-0.39, 0.29) is 11.7 Å². The number of fused-ring (bicyclic) bond motifs is 1. The van der Waals surface area contributed by atoms with Crippen molar-refractivity contribution in [2.24, 2.45) is 0 Å². The van der Waals surface area contributed by atoms with Gasteiger partial charge in [0.05, 0.1) is 6.20 Å². The van der Waals surface area contributed by atoms with E-state index in [2.05, 4.69) is 15.4 Å². The van der Waals surface area contributed by atoms with Crippen LogP contribution in [0.3, 0.4) is 0 Å². The maximum Gasteiger partial charge on any atom is 0.354 e. The van der Waals surface area contributed by atoms with Gasteiger partial charge in [0.2, 0.25) is 0 Å². The van der Waals surface area contributed by atoms with Crippen molar-refractivity contribution in [3.8, 4) is 0 Å². The molecule has 0 saturated heterocycles. The fraction of sp³-hybridized carbons (Fsp3) is 0.300. The first-order chi connectivity index (χ1) is 7.58. The third-order valence-corrected chi connectivity index (χ3v) is 2.02. The minimum absolute atomic E-state index is 0.0103. The highest BCUT2D eigenvalue weighted by molar-refractivity contribution is 5.87. The van der Waals surface area contributed by atoms with Crippen LogP contribution in [0.25, 0.3) is 5.65 Å². The lowest BCUT2D eigenvalue weighted by Gasteiger charge is -2.11. The highest BCUT2D eigenvalue weighted by Crippen LogP contribution is 2.13. The van der Waals surface area contributed by atoms with Gasteiger partial charge in [0.15, 0.2) is 11.3 Å². The zero-order chi connectivity index (χ0) is 11.7. The summed E-state index contributed by atoms with van der Waals surface area (Å²) in [5.41, 5.74) is 0.527. The second kappa shape index (κ2) is 3.80. The number of hydrogen-bond acceptors (Lipinski definition) is 4. The second-order valence-electron chi connectivity index (χ2n) is 3.73. The van der Waals surface area contributed by atoms with Crippen LogP contribution in [-0.2, 0) is 0 Å². The molecule has 0 saturated carbocycles. The average molecular weight is 220 g/mol. The van der Waals surface area contributed by atoms with E-state index < -0.39 is 5.97 Å². The monoisotopic (exact) mass is 220 g/mol. The third kappa shape index (κ3) is 1.81. The molecule has 0 spiro atoms. The van der Waals surface area contributed by atoms with Crippen molar-refractivity contribution in [1.82, 2.24) is 14.6 Å². The number of carbonyl (C=O) groups is 1. The number of carboxylic acids is 1. The molecule has 0 bridgehead atoms. The number of aromatic nitrogens is 3. The Hall–Kier alpha value is -2.11. The fourth-order valence-corrected chi connectivity index (χ4v) is 1.42. The van der Waals surface area contributed by atoms with Gasteiger partial charge >= 0.3 is 5.97 Å². The molecule has 0 aromatic carbocycles. The third-order valence-electron chi connectivity index (χ3n) is 2.02. The normalized spacial score (nSPS) is 10.9. The largest absolute Gasteiger partial charge is 0.477 e. The van der Waals surface area contributed by atoms with Crippen molar-refractivity contribution in [3.05, 3.63) is 24.0 Å². The maximum atomic E-state index is 10.9. The number of hydrogen-bond donors (Lipinski definition) is 2. The van der Waals surface area contributed by atoms with Crippen LogP contribution < -0.4 is 5.32 Å². The lowest BCUT2D eigenvalue weighted by Crippen LogP contribution is -2.15. The molecule has 6 heteroatoms. The van der Waals surface area contributed by atoms with Gasteiger partial charge in [0.25, 0.3) is 0 Å². The Bertz CT molecular complexity index is 533. The molecule has 84 valence electrons. The predicted molar refractivity (Wildman–Crippen MR) is 58.7 cm³/mol. The topological polar surface area (TPSA) is 79.5 Å². The molecule has 16 heavy (non-hydrogen) atoms. The smallest absolute Gasteiger partial charge is 0.354 e. The zero-order valence-electron chi connectivity index (χ0n) is 9.01. The molecule has 0 unspecified atom stereocenters. The van der Waals surface area contributed by atoms with E-state index >= 15 is 0 Å². The zero-order valence-corrected chi connectivity index (χ0v) is 9.01. The summed E-state index contributed by atoms with van der Waals surface area (Å²) in [6, 6.07) is 3.33. The second-order valence-corrected chi connectivity index (χ2v) is 3.73. The summed E-state index contributed by atoms with van der Waals surface area (Å²) in [5, 5.41) is 16.1. The van der Waals surface area contributed by atoms with Crippen LogP contribution in [0.15, 0.2) is 18.3 Å². The molecule has 0 aliphatic rings. The molecule has 2 aromatic heterocycles. The molecule has 0 radical (unpaired) electrons. The van der Waals surface area contributed by atoms with E-state index in [0.717, 1.165) is 0 Å². The molecule has 0 aliphatic carbocycles. The van der Waals surface area contributed by atoms with Crippen molar-refractivity contribution in [3.63, 3.8) is 0 Å². The maximum absolute atomic E-state index is 10.9. The first kappa shape index (κ1) is 10.4. The van der Waals surface area contributed by atoms with Crippen LogP contribution in [0.4, 0.5) is 5.82 Å². The van der Waals surface area contributed by atoms with E-state index in [1.54, 1.807) is 16.8 Å². The number of rotatable bonds is 3. The van der Waals surface area contributed by atoms with Crippen LogP contribution in [0.5, 0.6) is 0 Å². The molecular formula is C10H12N4O2. The first-order valence-electron chi connectivity index (χ1n) is 4.92. The van der Waals surface area contributed by atoms with Crippen LogP contribution >= 0.6 is 0 Å². The minimum atomic E-state index is -1.05.